The van der Waals surface area contributed by atoms with Gasteiger partial charge in [-0.3, -0.25) is 9.59 Å². The lowest BCUT2D eigenvalue weighted by Crippen LogP contribution is -2.48. The molecule has 1 fully saturated rings. The van der Waals surface area contributed by atoms with Gasteiger partial charge in [0.2, 0.25) is 5.91 Å². The summed E-state index contributed by atoms with van der Waals surface area (Å²) in [6, 6.07) is 7.59. The molecule has 8 heteroatoms. The molecule has 1 aromatic carbocycles. The number of halogens is 2. The Morgan fingerprint density at radius 2 is 1.74 bits per heavy atom. The first kappa shape index (κ1) is 32.2. The summed E-state index contributed by atoms with van der Waals surface area (Å²) in [4.78, 5) is 26.0. The second-order valence-corrected chi connectivity index (χ2v) is 16.8. The molecule has 0 spiro atoms. The highest BCUT2D eigenvalue weighted by Crippen LogP contribution is 2.42. The molecule has 0 unspecified atom stereocenters. The van der Waals surface area contributed by atoms with Crippen molar-refractivity contribution in [2.75, 3.05) is 6.54 Å². The maximum atomic E-state index is 15.8. The normalized spacial score (nSPS) is 18.0. The lowest BCUT2D eigenvalue weighted by atomic mass is 10.0. The zero-order valence-corrected chi connectivity index (χ0v) is 25.3. The third kappa shape index (κ3) is 9.29. The highest BCUT2D eigenvalue weighted by molar-refractivity contribution is 6.74. The van der Waals surface area contributed by atoms with Gasteiger partial charge in [-0.15, -0.1) is 0 Å². The summed E-state index contributed by atoms with van der Waals surface area (Å²) < 4.78 is 43.0. The molecule has 0 radical (unpaired) electrons. The van der Waals surface area contributed by atoms with Crippen molar-refractivity contribution in [1.82, 2.24) is 4.90 Å². The summed E-state index contributed by atoms with van der Waals surface area (Å²) in [5, 5.41) is -0.229. The van der Waals surface area contributed by atoms with E-state index in [0.29, 0.717) is 25.8 Å². The molecular weight excluding hydrogens is 504 g/mol. The van der Waals surface area contributed by atoms with Crippen LogP contribution in [-0.4, -0.2) is 49.9 Å². The molecule has 0 saturated carbocycles. The van der Waals surface area contributed by atoms with Gasteiger partial charge in [-0.05, 0) is 51.2 Å². The standard InChI is InChI=1S/C30H47F2NO4Si/c1-23(2)36-28(35)17-13-8-9-14-22-33-25(19-21-27(33)34)18-20-26(37-38(6,7)29(3,4)5)30(31,32)24-15-11-10-12-16-24/h10-12,15-16,18,20,23,25-26H,8-9,13-14,17,19,21-22H2,1-7H3/b20-18+/t25-,26-/m0/s1. The number of benzene rings is 1. The number of carbonyl (C=O) groups is 2. The SMILES string of the molecule is CC(C)OC(=O)CCCCCCN1C(=O)CC[C@@H]1/C=C/[C@H](O[Si](C)(C)C(C)(C)C)C(F)(F)c1ccccc1. The van der Waals surface area contributed by atoms with Crippen molar-refractivity contribution >= 4 is 20.2 Å². The van der Waals surface area contributed by atoms with Crippen molar-refractivity contribution in [1.29, 1.82) is 0 Å². The molecule has 214 valence electrons. The summed E-state index contributed by atoms with van der Waals surface area (Å²) in [6.07, 6.45) is 6.47. The monoisotopic (exact) mass is 551 g/mol. The van der Waals surface area contributed by atoms with Crippen LogP contribution in [0.5, 0.6) is 0 Å². The van der Waals surface area contributed by atoms with E-state index < -0.39 is 20.3 Å². The Kier molecular flexibility index (Phi) is 11.7. The minimum atomic E-state index is -3.21. The number of alkyl halides is 2. The van der Waals surface area contributed by atoms with Gasteiger partial charge in [0, 0.05) is 24.9 Å². The second kappa shape index (κ2) is 13.8. The maximum absolute atomic E-state index is 15.8. The molecule has 1 aliphatic rings. The third-order valence-corrected chi connectivity index (χ3v) is 12.0. The van der Waals surface area contributed by atoms with Gasteiger partial charge < -0.3 is 14.1 Å². The van der Waals surface area contributed by atoms with Crippen molar-refractivity contribution in [3.05, 3.63) is 48.0 Å². The first-order valence-electron chi connectivity index (χ1n) is 13.9. The van der Waals surface area contributed by atoms with E-state index in [9.17, 15) is 9.59 Å². The first-order valence-corrected chi connectivity index (χ1v) is 16.8. The zero-order valence-electron chi connectivity index (χ0n) is 24.3. The van der Waals surface area contributed by atoms with Crippen LogP contribution in [0, 0.1) is 0 Å². The number of amides is 1. The van der Waals surface area contributed by atoms with E-state index in [1.54, 1.807) is 29.2 Å². The Morgan fingerprint density at radius 3 is 2.34 bits per heavy atom. The van der Waals surface area contributed by atoms with Crippen molar-refractivity contribution < 1.29 is 27.5 Å². The molecule has 5 nitrogen and oxygen atoms in total. The zero-order chi connectivity index (χ0) is 28.6. The molecule has 2 atom stereocenters. The summed E-state index contributed by atoms with van der Waals surface area (Å²) in [7, 11) is -2.51. The fraction of sp³-hybridized carbons (Fsp3) is 0.667. The van der Waals surface area contributed by atoms with Crippen molar-refractivity contribution in [3.8, 4) is 0 Å². The van der Waals surface area contributed by atoms with Crippen LogP contribution in [0.15, 0.2) is 42.5 Å². The van der Waals surface area contributed by atoms with E-state index in [1.807, 2.05) is 47.7 Å². The van der Waals surface area contributed by atoms with Crippen LogP contribution in [0.2, 0.25) is 18.1 Å². The minimum Gasteiger partial charge on any atom is -0.463 e. The van der Waals surface area contributed by atoms with E-state index in [4.69, 9.17) is 9.16 Å². The average Bonchev–Trinajstić information content (AvgIpc) is 3.17. The molecule has 1 aliphatic heterocycles. The van der Waals surface area contributed by atoms with Gasteiger partial charge in [0.05, 0.1) is 12.1 Å². The number of nitrogens with zero attached hydrogens (tertiary/aromatic N) is 1. The summed E-state index contributed by atoms with van der Waals surface area (Å²) in [5.74, 6) is -3.34. The number of ether oxygens (including phenoxy) is 1. The first-order chi connectivity index (χ1) is 17.6. The Bertz CT molecular complexity index is 928. The van der Waals surface area contributed by atoms with Crippen molar-refractivity contribution in [3.63, 3.8) is 0 Å². The number of carbonyl (C=O) groups excluding carboxylic acids is 2. The van der Waals surface area contributed by atoms with E-state index in [-0.39, 0.29) is 34.6 Å². The number of likely N-dealkylation sites (tertiary alicyclic amines) is 1. The smallest absolute Gasteiger partial charge is 0.306 e. The largest absolute Gasteiger partial charge is 0.463 e. The van der Waals surface area contributed by atoms with Gasteiger partial charge in [-0.2, -0.15) is 8.78 Å². The summed E-state index contributed by atoms with van der Waals surface area (Å²) in [5.41, 5.74) is -0.0787. The average molecular weight is 552 g/mol. The van der Waals surface area contributed by atoms with Crippen LogP contribution in [0.1, 0.15) is 85.1 Å². The minimum absolute atomic E-state index is 0.0526. The molecule has 0 N–H and O–H groups in total. The summed E-state index contributed by atoms with van der Waals surface area (Å²) in [6.45, 7) is 14.3. The van der Waals surface area contributed by atoms with Gasteiger partial charge in [-0.25, -0.2) is 0 Å². The Labute approximate surface area is 229 Å². The fourth-order valence-electron chi connectivity index (χ4n) is 4.26. The van der Waals surface area contributed by atoms with Crippen molar-refractivity contribution in [2.24, 2.45) is 0 Å². The molecule has 0 aliphatic carbocycles. The number of rotatable bonds is 14. The van der Waals surface area contributed by atoms with Crippen LogP contribution < -0.4 is 0 Å². The number of hydrogen-bond donors (Lipinski definition) is 0. The van der Waals surface area contributed by atoms with Crippen LogP contribution >= 0.6 is 0 Å². The van der Waals surface area contributed by atoms with Gasteiger partial charge in [0.15, 0.2) is 8.32 Å². The second-order valence-electron chi connectivity index (χ2n) is 12.1. The molecule has 1 aromatic rings. The van der Waals surface area contributed by atoms with Gasteiger partial charge in [0.25, 0.3) is 0 Å². The fourth-order valence-corrected chi connectivity index (χ4v) is 5.47. The van der Waals surface area contributed by atoms with E-state index in [2.05, 4.69) is 0 Å². The highest BCUT2D eigenvalue weighted by atomic mass is 28.4. The number of esters is 1. The Morgan fingerprint density at radius 1 is 1.11 bits per heavy atom. The molecule has 1 saturated heterocycles. The van der Waals surface area contributed by atoms with E-state index in [1.165, 1.54) is 18.2 Å². The lowest BCUT2D eigenvalue weighted by molar-refractivity contribution is -0.147. The predicted octanol–water partition coefficient (Wildman–Crippen LogP) is 7.62. The Balaban J connectivity index is 2.06. The maximum Gasteiger partial charge on any atom is 0.306 e. The van der Waals surface area contributed by atoms with Gasteiger partial charge in [0.1, 0.15) is 6.10 Å². The number of unbranched alkanes of at least 4 members (excludes halogenated alkanes) is 3. The summed E-state index contributed by atoms with van der Waals surface area (Å²) >= 11 is 0. The molecular formula is C30H47F2NO4Si. The quantitative estimate of drug-likeness (QED) is 0.103. The van der Waals surface area contributed by atoms with Crippen LogP contribution in [0.4, 0.5) is 8.78 Å². The van der Waals surface area contributed by atoms with Crippen LogP contribution in [0.3, 0.4) is 0 Å². The van der Waals surface area contributed by atoms with Crippen molar-refractivity contribution in [2.45, 2.75) is 122 Å². The highest BCUT2D eigenvalue weighted by Gasteiger charge is 2.47. The Hall–Kier alpha value is -2.06. The topological polar surface area (TPSA) is 55.8 Å². The van der Waals surface area contributed by atoms with E-state index >= 15 is 8.78 Å². The van der Waals surface area contributed by atoms with Crippen LogP contribution in [0.25, 0.3) is 0 Å². The number of hydrogen-bond acceptors (Lipinski definition) is 4. The third-order valence-electron chi connectivity index (χ3n) is 7.52. The van der Waals surface area contributed by atoms with Gasteiger partial charge in [-0.1, -0.05) is 76.1 Å². The van der Waals surface area contributed by atoms with Crippen LogP contribution in [-0.2, 0) is 24.7 Å². The molecule has 38 heavy (non-hydrogen) atoms. The molecule has 0 aromatic heterocycles. The lowest BCUT2D eigenvalue weighted by Gasteiger charge is -2.40. The molecule has 1 amide bonds. The van der Waals surface area contributed by atoms with Gasteiger partial charge >= 0.3 is 11.9 Å². The van der Waals surface area contributed by atoms with E-state index in [0.717, 1.165) is 25.7 Å². The predicted molar refractivity (Wildman–Crippen MR) is 151 cm³/mol. The molecule has 1 heterocycles. The molecule has 2 rings (SSSR count). The molecule has 0 bridgehead atoms.